The number of phenolic OH excluding ortho intramolecular Hbond substituents is 1. The summed E-state index contributed by atoms with van der Waals surface area (Å²) < 4.78 is 6.11. The van der Waals surface area contributed by atoms with Crippen molar-refractivity contribution in [3.8, 4) is 5.75 Å². The first kappa shape index (κ1) is 26.3. The Morgan fingerprint density at radius 1 is 1.11 bits per heavy atom. The summed E-state index contributed by atoms with van der Waals surface area (Å²) in [4.78, 5) is 43.1. The van der Waals surface area contributed by atoms with Crippen molar-refractivity contribution >= 4 is 28.9 Å². The highest BCUT2D eigenvalue weighted by Crippen LogP contribution is 2.53. The SMILES string of the molecule is CCCCOC1=C2C(=O)C3(O)C(=O)C(C(N)=O)=C(O)C(N(C)C)=C3CC2Cc2c(N(C)C)ccc(O)c21. The molecule has 3 aliphatic rings. The number of unbranched alkanes of at least 4 members (excludes halogenated alkanes) is 1. The molecule has 0 bridgehead atoms. The molecule has 0 aliphatic heterocycles. The first-order chi connectivity index (χ1) is 17.4. The highest BCUT2D eigenvalue weighted by Gasteiger charge is 2.60. The average molecular weight is 512 g/mol. The lowest BCUT2D eigenvalue weighted by molar-refractivity contribution is -0.145. The first-order valence-corrected chi connectivity index (χ1v) is 12.2. The number of nitrogens with two attached hydrogens (primary N) is 1. The number of ketones is 2. The Kier molecular flexibility index (Phi) is 6.58. The predicted molar refractivity (Wildman–Crippen MR) is 137 cm³/mol. The van der Waals surface area contributed by atoms with E-state index < -0.39 is 40.3 Å². The number of anilines is 1. The number of nitrogens with zero attached hydrogens (tertiary/aromatic N) is 2. The van der Waals surface area contributed by atoms with Gasteiger partial charge in [-0.1, -0.05) is 13.3 Å². The van der Waals surface area contributed by atoms with Gasteiger partial charge in [-0.25, -0.2) is 0 Å². The van der Waals surface area contributed by atoms with Crippen LogP contribution in [0.5, 0.6) is 5.75 Å². The predicted octanol–water partition coefficient (Wildman–Crippen LogP) is 1.56. The van der Waals surface area contributed by atoms with Crippen LogP contribution in [0.4, 0.5) is 5.69 Å². The highest BCUT2D eigenvalue weighted by molar-refractivity contribution is 6.35. The number of aromatic hydroxyl groups is 1. The molecule has 1 aromatic carbocycles. The van der Waals surface area contributed by atoms with Gasteiger partial charge in [0.1, 0.15) is 17.1 Å². The molecule has 2 unspecified atom stereocenters. The van der Waals surface area contributed by atoms with Gasteiger partial charge in [-0.05, 0) is 42.9 Å². The number of primary amides is 1. The first-order valence-electron chi connectivity index (χ1n) is 12.2. The summed E-state index contributed by atoms with van der Waals surface area (Å²) in [6.45, 7) is 2.24. The molecule has 0 radical (unpaired) electrons. The van der Waals surface area contributed by atoms with Gasteiger partial charge >= 0.3 is 0 Å². The van der Waals surface area contributed by atoms with Crippen molar-refractivity contribution in [1.29, 1.82) is 0 Å². The third kappa shape index (κ3) is 3.78. The molecule has 4 rings (SSSR count). The van der Waals surface area contributed by atoms with Gasteiger partial charge in [0.15, 0.2) is 5.76 Å². The molecule has 0 saturated heterocycles. The second-order valence-corrected chi connectivity index (χ2v) is 10.1. The van der Waals surface area contributed by atoms with Crippen molar-refractivity contribution in [3.63, 3.8) is 0 Å². The monoisotopic (exact) mass is 511 g/mol. The van der Waals surface area contributed by atoms with Crippen molar-refractivity contribution in [2.45, 2.75) is 38.2 Å². The summed E-state index contributed by atoms with van der Waals surface area (Å²) in [5, 5.41) is 33.5. The number of aliphatic hydroxyl groups is 2. The second kappa shape index (κ2) is 9.26. The van der Waals surface area contributed by atoms with E-state index in [-0.39, 0.29) is 41.4 Å². The number of likely N-dealkylation sites (N-methyl/N-ethyl adjacent to an activating group) is 1. The molecule has 0 spiro atoms. The van der Waals surface area contributed by atoms with Crippen molar-refractivity contribution < 1.29 is 34.4 Å². The van der Waals surface area contributed by atoms with Crippen LogP contribution in [0.2, 0.25) is 0 Å². The van der Waals surface area contributed by atoms with Crippen molar-refractivity contribution in [1.82, 2.24) is 4.90 Å². The third-order valence-corrected chi connectivity index (χ3v) is 7.28. The molecule has 198 valence electrons. The van der Waals surface area contributed by atoms with Crippen LogP contribution < -0.4 is 10.6 Å². The Morgan fingerprint density at radius 2 is 1.78 bits per heavy atom. The summed E-state index contributed by atoms with van der Waals surface area (Å²) in [7, 11) is 6.88. The van der Waals surface area contributed by atoms with Crippen LogP contribution in [0, 0.1) is 5.92 Å². The number of carbonyl (C=O) groups excluding carboxylic acids is 3. The smallest absolute Gasteiger partial charge is 0.256 e. The molecule has 1 amide bonds. The highest BCUT2D eigenvalue weighted by atomic mass is 16.5. The van der Waals surface area contributed by atoms with Crippen LogP contribution in [0.1, 0.15) is 37.3 Å². The van der Waals surface area contributed by atoms with Crippen LogP contribution in [-0.4, -0.2) is 78.1 Å². The van der Waals surface area contributed by atoms with Crippen LogP contribution in [-0.2, 0) is 25.5 Å². The lowest BCUT2D eigenvalue weighted by atomic mass is 9.61. The maximum Gasteiger partial charge on any atom is 0.256 e. The Hall–Kier alpha value is -3.79. The van der Waals surface area contributed by atoms with Crippen molar-refractivity contribution in [3.05, 3.63) is 51.4 Å². The molecule has 10 heteroatoms. The van der Waals surface area contributed by atoms with Gasteiger partial charge in [0.25, 0.3) is 5.91 Å². The number of aliphatic hydroxyl groups excluding tert-OH is 1. The number of rotatable bonds is 7. The summed E-state index contributed by atoms with van der Waals surface area (Å²) >= 11 is 0. The number of fused-ring (bicyclic) bond motifs is 3. The Morgan fingerprint density at radius 3 is 2.35 bits per heavy atom. The van der Waals surface area contributed by atoms with Gasteiger partial charge in [0.2, 0.25) is 17.2 Å². The molecule has 1 fully saturated rings. The van der Waals surface area contributed by atoms with Gasteiger partial charge in [-0.15, -0.1) is 0 Å². The average Bonchev–Trinajstić information content (AvgIpc) is 2.80. The Labute approximate surface area is 215 Å². The second-order valence-electron chi connectivity index (χ2n) is 10.1. The van der Waals surface area contributed by atoms with E-state index in [4.69, 9.17) is 10.5 Å². The maximum absolute atomic E-state index is 14.1. The molecule has 5 N–H and O–H groups in total. The summed E-state index contributed by atoms with van der Waals surface area (Å²) in [5.41, 5.74) is 3.86. The molecule has 0 heterocycles. The van der Waals surface area contributed by atoms with Crippen molar-refractivity contribution in [2.75, 3.05) is 39.7 Å². The third-order valence-electron chi connectivity index (χ3n) is 7.28. The summed E-state index contributed by atoms with van der Waals surface area (Å²) in [5.74, 6) is -4.60. The number of ether oxygens (including phenoxy) is 1. The molecule has 2 atom stereocenters. The maximum atomic E-state index is 14.1. The number of amides is 1. The lowest BCUT2D eigenvalue weighted by Crippen LogP contribution is -2.58. The van der Waals surface area contributed by atoms with E-state index >= 15 is 0 Å². The van der Waals surface area contributed by atoms with Crippen LogP contribution in [0.3, 0.4) is 0 Å². The van der Waals surface area contributed by atoms with E-state index in [0.29, 0.717) is 18.4 Å². The zero-order valence-electron chi connectivity index (χ0n) is 21.7. The minimum absolute atomic E-state index is 0.00582. The topological polar surface area (TPSA) is 154 Å². The fourth-order valence-corrected chi connectivity index (χ4v) is 5.60. The zero-order chi connectivity index (χ0) is 27.4. The minimum Gasteiger partial charge on any atom is -0.507 e. The van der Waals surface area contributed by atoms with E-state index in [2.05, 4.69) is 0 Å². The Balaban J connectivity index is 2.04. The lowest BCUT2D eigenvalue weighted by Gasteiger charge is -2.44. The standard InChI is InChI=1S/C27H33N3O7/c1-6-7-10-37-23-18-13(11-14-16(29(2)3)8-9-17(31)19(14)23)12-15-21(30(4)5)22(32)20(26(28)35)25(34)27(15,36)24(18)33/h8-9,13,31-32,36H,6-7,10-12H2,1-5H3,(H2,28,35). The van der Waals surface area contributed by atoms with Gasteiger partial charge < -0.3 is 35.6 Å². The fourth-order valence-electron chi connectivity index (χ4n) is 5.60. The summed E-state index contributed by atoms with van der Waals surface area (Å²) in [6, 6.07) is 3.31. The zero-order valence-corrected chi connectivity index (χ0v) is 21.7. The fraction of sp³-hybridized carbons (Fsp3) is 0.444. The van der Waals surface area contributed by atoms with Crippen LogP contribution in [0.25, 0.3) is 5.76 Å². The van der Waals surface area contributed by atoms with E-state index in [1.54, 1.807) is 20.2 Å². The molecule has 1 aromatic rings. The molecule has 3 aliphatic carbocycles. The number of Topliss-reactive ketones (excluding diaryl/α,β-unsaturated/α-hetero) is 2. The molecule has 10 nitrogen and oxygen atoms in total. The molecule has 37 heavy (non-hydrogen) atoms. The summed E-state index contributed by atoms with van der Waals surface area (Å²) in [6.07, 6.45) is 1.86. The van der Waals surface area contributed by atoms with E-state index in [1.807, 2.05) is 25.9 Å². The number of phenols is 1. The van der Waals surface area contributed by atoms with Gasteiger partial charge in [0, 0.05) is 45.0 Å². The quantitative estimate of drug-likeness (QED) is 0.243. The normalized spacial score (nSPS) is 23.0. The molecular formula is C27H33N3O7. The largest absolute Gasteiger partial charge is 0.507 e. The van der Waals surface area contributed by atoms with Gasteiger partial charge in [-0.2, -0.15) is 0 Å². The van der Waals surface area contributed by atoms with Crippen LogP contribution in [0.15, 0.2) is 40.3 Å². The van der Waals surface area contributed by atoms with Crippen LogP contribution >= 0.6 is 0 Å². The van der Waals surface area contributed by atoms with Crippen molar-refractivity contribution in [2.24, 2.45) is 11.7 Å². The van der Waals surface area contributed by atoms with E-state index in [0.717, 1.165) is 17.7 Å². The van der Waals surface area contributed by atoms with E-state index in [9.17, 15) is 29.7 Å². The number of hydrogen-bond donors (Lipinski definition) is 4. The molecule has 1 saturated carbocycles. The number of benzene rings is 1. The minimum atomic E-state index is -2.74. The van der Waals surface area contributed by atoms with E-state index in [1.165, 1.54) is 11.0 Å². The Bertz CT molecular complexity index is 1310. The number of carbonyl (C=O) groups is 3. The van der Waals surface area contributed by atoms with Gasteiger partial charge in [0.05, 0.1) is 17.9 Å². The molecular weight excluding hydrogens is 478 g/mol. The molecule has 0 aromatic heterocycles. The van der Waals surface area contributed by atoms with Gasteiger partial charge in [-0.3, -0.25) is 14.4 Å². The number of hydrogen-bond acceptors (Lipinski definition) is 9.